The maximum Gasteiger partial charge on any atom is 0.263 e. The topological polar surface area (TPSA) is 72.4 Å². The lowest BCUT2D eigenvalue weighted by atomic mass is 10.1. The SMILES string of the molecule is Cc1cccc(OCCn2cc(C=C3C(=O)NC(=S)NC3=O)c3ccccc32)c1. The normalized spacial score (nSPS) is 14.0. The number of rotatable bonds is 5. The lowest BCUT2D eigenvalue weighted by Gasteiger charge is -2.16. The van der Waals surface area contributed by atoms with E-state index in [0.717, 1.165) is 27.8 Å². The van der Waals surface area contributed by atoms with Crippen molar-refractivity contribution in [1.82, 2.24) is 15.2 Å². The summed E-state index contributed by atoms with van der Waals surface area (Å²) in [4.78, 5) is 24.3. The molecule has 6 nitrogen and oxygen atoms in total. The van der Waals surface area contributed by atoms with E-state index in [0.29, 0.717) is 13.2 Å². The summed E-state index contributed by atoms with van der Waals surface area (Å²) in [5.74, 6) is -0.174. The molecule has 3 aromatic rings. The molecule has 29 heavy (non-hydrogen) atoms. The van der Waals surface area contributed by atoms with Crippen molar-refractivity contribution < 1.29 is 14.3 Å². The molecular weight excluding hydrogens is 386 g/mol. The Labute approximate surface area is 173 Å². The van der Waals surface area contributed by atoms with Gasteiger partial charge in [0.1, 0.15) is 17.9 Å². The summed E-state index contributed by atoms with van der Waals surface area (Å²) < 4.78 is 7.92. The van der Waals surface area contributed by atoms with Crippen LogP contribution >= 0.6 is 12.2 Å². The van der Waals surface area contributed by atoms with Gasteiger partial charge in [-0.25, -0.2) is 0 Å². The zero-order valence-corrected chi connectivity index (χ0v) is 16.6. The number of benzene rings is 2. The maximum absolute atomic E-state index is 12.2. The molecule has 0 unspecified atom stereocenters. The Morgan fingerprint density at radius 3 is 2.59 bits per heavy atom. The molecule has 146 valence electrons. The molecule has 2 aromatic carbocycles. The molecule has 2 amide bonds. The standard InChI is InChI=1S/C22H19N3O3S/c1-14-5-4-6-16(11-14)28-10-9-25-13-15(17-7-2-3-8-19(17)25)12-18-20(26)23-22(29)24-21(18)27/h2-8,11-13H,9-10H2,1H3,(H2,23,24,26,27,29). The van der Waals surface area contributed by atoms with E-state index >= 15 is 0 Å². The number of para-hydroxylation sites is 1. The fourth-order valence-corrected chi connectivity index (χ4v) is 3.49. The third-order valence-electron chi connectivity index (χ3n) is 4.65. The van der Waals surface area contributed by atoms with Crippen LogP contribution in [0.4, 0.5) is 0 Å². The van der Waals surface area contributed by atoms with E-state index in [-0.39, 0.29) is 10.7 Å². The monoisotopic (exact) mass is 405 g/mol. The van der Waals surface area contributed by atoms with Gasteiger partial charge in [-0.15, -0.1) is 0 Å². The largest absolute Gasteiger partial charge is 0.492 e. The molecule has 0 saturated carbocycles. The van der Waals surface area contributed by atoms with E-state index < -0.39 is 11.8 Å². The van der Waals surface area contributed by atoms with Crippen LogP contribution in [0.3, 0.4) is 0 Å². The molecule has 1 aliphatic heterocycles. The van der Waals surface area contributed by atoms with Crippen molar-refractivity contribution in [3.8, 4) is 5.75 Å². The summed E-state index contributed by atoms with van der Waals surface area (Å²) in [6.45, 7) is 3.14. The van der Waals surface area contributed by atoms with Crippen molar-refractivity contribution in [3.63, 3.8) is 0 Å². The molecule has 0 bridgehead atoms. The number of nitrogens with zero attached hydrogens (tertiary/aromatic N) is 1. The minimum absolute atomic E-state index is 0.0212. The quantitative estimate of drug-likeness (QED) is 0.389. The Kier molecular flexibility index (Phi) is 5.14. The molecule has 2 N–H and O–H groups in total. The Morgan fingerprint density at radius 2 is 1.83 bits per heavy atom. The average Bonchev–Trinajstić information content (AvgIpc) is 3.03. The lowest BCUT2D eigenvalue weighted by Crippen LogP contribution is -2.51. The average molecular weight is 405 g/mol. The van der Waals surface area contributed by atoms with Crippen LogP contribution in [0.25, 0.3) is 17.0 Å². The van der Waals surface area contributed by atoms with Crippen molar-refractivity contribution in [2.75, 3.05) is 6.61 Å². The number of thiocarbonyl (C=S) groups is 1. The van der Waals surface area contributed by atoms with Crippen LogP contribution in [-0.2, 0) is 16.1 Å². The van der Waals surface area contributed by atoms with E-state index in [9.17, 15) is 9.59 Å². The summed E-state index contributed by atoms with van der Waals surface area (Å²) in [6, 6.07) is 15.8. The van der Waals surface area contributed by atoms with Crippen LogP contribution in [0.15, 0.2) is 60.3 Å². The molecule has 1 saturated heterocycles. The highest BCUT2D eigenvalue weighted by Gasteiger charge is 2.26. The lowest BCUT2D eigenvalue weighted by molar-refractivity contribution is -0.123. The zero-order chi connectivity index (χ0) is 20.4. The number of hydrogen-bond donors (Lipinski definition) is 2. The second-order valence-corrected chi connectivity index (χ2v) is 7.16. The Balaban J connectivity index is 1.60. The number of nitrogens with one attached hydrogen (secondary N) is 2. The molecule has 1 aromatic heterocycles. The van der Waals surface area contributed by atoms with Gasteiger partial charge in [-0.1, -0.05) is 30.3 Å². The van der Waals surface area contributed by atoms with Gasteiger partial charge in [0.15, 0.2) is 5.11 Å². The minimum atomic E-state index is -0.502. The van der Waals surface area contributed by atoms with Gasteiger partial charge in [-0.3, -0.25) is 20.2 Å². The number of hydrogen-bond acceptors (Lipinski definition) is 4. The second-order valence-electron chi connectivity index (χ2n) is 6.76. The van der Waals surface area contributed by atoms with E-state index in [1.54, 1.807) is 6.08 Å². The maximum atomic E-state index is 12.2. The molecule has 2 heterocycles. The minimum Gasteiger partial charge on any atom is -0.492 e. The van der Waals surface area contributed by atoms with Crippen LogP contribution in [0.2, 0.25) is 0 Å². The number of ether oxygens (including phenoxy) is 1. The number of aromatic nitrogens is 1. The first-order valence-corrected chi connectivity index (χ1v) is 9.58. The second kappa shape index (κ2) is 7.89. The molecule has 0 radical (unpaired) electrons. The predicted octanol–water partition coefficient (Wildman–Crippen LogP) is 2.94. The molecule has 4 rings (SSSR count). The number of carbonyl (C=O) groups excluding carboxylic acids is 2. The van der Waals surface area contributed by atoms with Gasteiger partial charge in [-0.05, 0) is 49.0 Å². The van der Waals surface area contributed by atoms with Crippen LogP contribution in [-0.4, -0.2) is 28.1 Å². The van der Waals surface area contributed by atoms with Gasteiger partial charge in [0.2, 0.25) is 0 Å². The molecule has 0 spiro atoms. The van der Waals surface area contributed by atoms with E-state index in [2.05, 4.69) is 15.2 Å². The molecule has 0 atom stereocenters. The van der Waals surface area contributed by atoms with Gasteiger partial charge in [-0.2, -0.15) is 0 Å². The van der Waals surface area contributed by atoms with Crippen LogP contribution in [0, 0.1) is 6.92 Å². The molecule has 1 fully saturated rings. The summed E-state index contributed by atoms with van der Waals surface area (Å²) in [5, 5.41) is 5.88. The van der Waals surface area contributed by atoms with Crippen molar-refractivity contribution in [3.05, 3.63) is 71.4 Å². The fourth-order valence-electron chi connectivity index (χ4n) is 3.30. The van der Waals surface area contributed by atoms with Gasteiger partial charge in [0.25, 0.3) is 11.8 Å². The molecule has 0 aliphatic carbocycles. The van der Waals surface area contributed by atoms with Gasteiger partial charge in [0, 0.05) is 22.7 Å². The fraction of sp³-hybridized carbons (Fsp3) is 0.136. The van der Waals surface area contributed by atoms with Crippen molar-refractivity contribution >= 4 is 46.1 Å². The van der Waals surface area contributed by atoms with Crippen LogP contribution < -0.4 is 15.4 Å². The Morgan fingerprint density at radius 1 is 1.07 bits per heavy atom. The van der Waals surface area contributed by atoms with Crippen LogP contribution in [0.1, 0.15) is 11.1 Å². The van der Waals surface area contributed by atoms with E-state index in [4.69, 9.17) is 17.0 Å². The zero-order valence-electron chi connectivity index (χ0n) is 15.8. The summed E-state index contributed by atoms with van der Waals surface area (Å²) >= 11 is 4.85. The predicted molar refractivity (Wildman–Crippen MR) is 115 cm³/mol. The van der Waals surface area contributed by atoms with Gasteiger partial charge in [0.05, 0.1) is 6.54 Å². The van der Waals surface area contributed by atoms with Crippen molar-refractivity contribution in [2.45, 2.75) is 13.5 Å². The summed E-state index contributed by atoms with van der Waals surface area (Å²) in [6.07, 6.45) is 3.51. The first-order valence-electron chi connectivity index (χ1n) is 9.17. The van der Waals surface area contributed by atoms with E-state index in [1.807, 2.05) is 61.7 Å². The summed E-state index contributed by atoms with van der Waals surface area (Å²) in [7, 11) is 0. The third kappa shape index (κ3) is 4.05. The highest BCUT2D eigenvalue weighted by Crippen LogP contribution is 2.24. The summed E-state index contributed by atoms with van der Waals surface area (Å²) in [5.41, 5.74) is 2.95. The first kappa shape index (κ1) is 18.9. The van der Waals surface area contributed by atoms with Gasteiger partial charge >= 0.3 is 0 Å². The van der Waals surface area contributed by atoms with Crippen LogP contribution in [0.5, 0.6) is 5.75 Å². The number of carbonyl (C=O) groups is 2. The smallest absolute Gasteiger partial charge is 0.263 e. The molecule has 1 aliphatic rings. The molecular formula is C22H19N3O3S. The van der Waals surface area contributed by atoms with Gasteiger partial charge < -0.3 is 9.30 Å². The highest BCUT2D eigenvalue weighted by molar-refractivity contribution is 7.80. The number of aryl methyl sites for hydroxylation is 1. The first-order chi connectivity index (χ1) is 14.0. The van der Waals surface area contributed by atoms with E-state index in [1.165, 1.54) is 0 Å². The molecule has 7 heteroatoms. The van der Waals surface area contributed by atoms with Crippen molar-refractivity contribution in [1.29, 1.82) is 0 Å². The van der Waals surface area contributed by atoms with Crippen molar-refractivity contribution in [2.24, 2.45) is 0 Å². The Hall–Kier alpha value is -3.45. The third-order valence-corrected chi connectivity index (χ3v) is 4.86. The Bertz CT molecular complexity index is 1140. The highest BCUT2D eigenvalue weighted by atomic mass is 32.1. The number of fused-ring (bicyclic) bond motifs is 1. The number of amides is 2.